The van der Waals surface area contributed by atoms with Crippen LogP contribution in [0.5, 0.6) is 5.75 Å². The van der Waals surface area contributed by atoms with E-state index in [0.717, 1.165) is 25.2 Å². The number of methoxy groups -OCH3 is 1. The molecule has 0 radical (unpaired) electrons. The average Bonchev–Trinajstić information content (AvgIpc) is 3.15. The molecule has 27 heavy (non-hydrogen) atoms. The summed E-state index contributed by atoms with van der Waals surface area (Å²) in [6, 6.07) is 10.5. The smallest absolute Gasteiger partial charge is 0.311 e. The van der Waals surface area contributed by atoms with E-state index in [9.17, 15) is 19.3 Å². The Kier molecular flexibility index (Phi) is 5.54. The van der Waals surface area contributed by atoms with Gasteiger partial charge in [0.15, 0.2) is 5.75 Å². The van der Waals surface area contributed by atoms with E-state index in [1.165, 1.54) is 37.4 Å². The number of nitrogens with one attached hydrogen (secondary N) is 1. The van der Waals surface area contributed by atoms with Crippen LogP contribution in [0.3, 0.4) is 0 Å². The summed E-state index contributed by atoms with van der Waals surface area (Å²) >= 11 is 0. The molecule has 2 aromatic rings. The Balaban J connectivity index is 1.57. The molecule has 1 fully saturated rings. The fourth-order valence-corrected chi connectivity index (χ4v) is 3.20. The maximum Gasteiger partial charge on any atom is 0.311 e. The third kappa shape index (κ3) is 4.33. The Labute approximate surface area is 155 Å². The summed E-state index contributed by atoms with van der Waals surface area (Å²) in [4.78, 5) is 25.0. The number of ether oxygens (including phenoxy) is 1. The van der Waals surface area contributed by atoms with Crippen molar-refractivity contribution in [2.45, 2.75) is 6.42 Å². The molecular weight excluding hydrogens is 353 g/mol. The molecule has 1 aliphatic rings. The van der Waals surface area contributed by atoms with Gasteiger partial charge in [-0.3, -0.25) is 14.9 Å². The summed E-state index contributed by atoms with van der Waals surface area (Å²) < 4.78 is 18.0. The maximum absolute atomic E-state index is 13.0. The molecule has 1 unspecified atom stereocenters. The SMILES string of the molecule is COc1ccc(C(=O)NCC2CCN(c3ccc(F)cc3)C2)cc1[N+](=O)[O-]. The van der Waals surface area contributed by atoms with E-state index in [1.54, 1.807) is 12.1 Å². The van der Waals surface area contributed by atoms with Crippen LogP contribution in [0, 0.1) is 21.8 Å². The predicted molar refractivity (Wildman–Crippen MR) is 98.7 cm³/mol. The fourth-order valence-electron chi connectivity index (χ4n) is 3.20. The van der Waals surface area contributed by atoms with Crippen molar-refractivity contribution in [1.82, 2.24) is 5.32 Å². The van der Waals surface area contributed by atoms with Crippen molar-refractivity contribution in [2.75, 3.05) is 31.6 Å². The van der Waals surface area contributed by atoms with Gasteiger partial charge in [-0.2, -0.15) is 0 Å². The quantitative estimate of drug-likeness (QED) is 0.622. The molecule has 1 N–H and O–H groups in total. The standard InChI is InChI=1S/C19H20FN3O4/c1-27-18-7-2-14(10-17(18)23(25)26)19(24)21-11-13-8-9-22(12-13)16-5-3-15(20)4-6-16/h2-7,10,13H,8-9,11-12H2,1H3,(H,21,24). The minimum absolute atomic E-state index is 0.113. The Morgan fingerprint density at radius 1 is 1.33 bits per heavy atom. The molecule has 1 heterocycles. The highest BCUT2D eigenvalue weighted by atomic mass is 19.1. The van der Waals surface area contributed by atoms with E-state index in [-0.39, 0.29) is 34.6 Å². The number of halogens is 1. The number of anilines is 1. The molecule has 8 heteroatoms. The lowest BCUT2D eigenvalue weighted by Crippen LogP contribution is -2.31. The van der Waals surface area contributed by atoms with Crippen LogP contribution in [0.4, 0.5) is 15.8 Å². The number of hydrogen-bond donors (Lipinski definition) is 1. The van der Waals surface area contributed by atoms with Gasteiger partial charge in [-0.15, -0.1) is 0 Å². The number of nitrogens with zero attached hydrogens (tertiary/aromatic N) is 2. The highest BCUT2D eigenvalue weighted by molar-refractivity contribution is 5.95. The molecule has 7 nitrogen and oxygen atoms in total. The first-order valence-corrected chi connectivity index (χ1v) is 8.59. The summed E-state index contributed by atoms with van der Waals surface area (Å²) in [5.41, 5.74) is 0.931. The van der Waals surface area contributed by atoms with E-state index >= 15 is 0 Å². The molecule has 1 amide bonds. The zero-order valence-corrected chi connectivity index (χ0v) is 14.9. The van der Waals surface area contributed by atoms with E-state index in [4.69, 9.17) is 4.74 Å². The first-order valence-electron chi connectivity index (χ1n) is 8.59. The minimum Gasteiger partial charge on any atom is -0.490 e. The van der Waals surface area contributed by atoms with Gasteiger partial charge in [-0.05, 0) is 48.7 Å². The lowest BCUT2D eigenvalue weighted by Gasteiger charge is -2.18. The third-order valence-corrected chi connectivity index (χ3v) is 4.67. The Morgan fingerprint density at radius 3 is 2.74 bits per heavy atom. The minimum atomic E-state index is -0.576. The first kappa shape index (κ1) is 18.6. The zero-order chi connectivity index (χ0) is 19.4. The fraction of sp³-hybridized carbons (Fsp3) is 0.316. The topological polar surface area (TPSA) is 84.7 Å². The van der Waals surface area contributed by atoms with Gasteiger partial charge in [0, 0.05) is 37.0 Å². The van der Waals surface area contributed by atoms with Crippen molar-refractivity contribution in [1.29, 1.82) is 0 Å². The third-order valence-electron chi connectivity index (χ3n) is 4.67. The number of carbonyl (C=O) groups is 1. The van der Waals surface area contributed by atoms with Gasteiger partial charge in [-0.25, -0.2) is 4.39 Å². The summed E-state index contributed by atoms with van der Waals surface area (Å²) in [7, 11) is 1.34. The summed E-state index contributed by atoms with van der Waals surface area (Å²) in [5.74, 6) is -0.258. The lowest BCUT2D eigenvalue weighted by molar-refractivity contribution is -0.385. The molecule has 3 rings (SSSR count). The molecule has 142 valence electrons. The second-order valence-corrected chi connectivity index (χ2v) is 6.43. The number of benzene rings is 2. The number of amides is 1. The van der Waals surface area contributed by atoms with Crippen molar-refractivity contribution in [2.24, 2.45) is 5.92 Å². The monoisotopic (exact) mass is 373 g/mol. The van der Waals surface area contributed by atoms with Crippen LogP contribution < -0.4 is 15.0 Å². The van der Waals surface area contributed by atoms with Crippen LogP contribution >= 0.6 is 0 Å². The van der Waals surface area contributed by atoms with Crippen molar-refractivity contribution in [3.05, 3.63) is 64.0 Å². The van der Waals surface area contributed by atoms with Crippen LogP contribution in [0.2, 0.25) is 0 Å². The van der Waals surface area contributed by atoms with E-state index in [1.807, 2.05) is 0 Å². The number of nitro groups is 1. The average molecular weight is 373 g/mol. The second-order valence-electron chi connectivity index (χ2n) is 6.43. The summed E-state index contributed by atoms with van der Waals surface area (Å²) in [6.45, 7) is 2.06. The molecule has 1 aliphatic heterocycles. The highest BCUT2D eigenvalue weighted by Crippen LogP contribution is 2.28. The molecule has 0 bridgehead atoms. The number of rotatable bonds is 6. The van der Waals surface area contributed by atoms with E-state index in [0.29, 0.717) is 6.54 Å². The van der Waals surface area contributed by atoms with Gasteiger partial charge in [0.25, 0.3) is 5.91 Å². The van der Waals surface area contributed by atoms with E-state index in [2.05, 4.69) is 10.2 Å². The molecule has 2 aromatic carbocycles. The van der Waals surface area contributed by atoms with Crippen molar-refractivity contribution >= 4 is 17.3 Å². The molecular formula is C19H20FN3O4. The molecule has 1 atom stereocenters. The van der Waals surface area contributed by atoms with Crippen molar-refractivity contribution in [3.8, 4) is 5.75 Å². The molecule has 0 aliphatic carbocycles. The number of carbonyl (C=O) groups excluding carboxylic acids is 1. The van der Waals surface area contributed by atoms with Crippen LogP contribution in [-0.4, -0.2) is 37.6 Å². The van der Waals surface area contributed by atoms with Crippen LogP contribution in [0.1, 0.15) is 16.8 Å². The van der Waals surface area contributed by atoms with Gasteiger partial charge >= 0.3 is 5.69 Å². The van der Waals surface area contributed by atoms with Gasteiger partial charge in [0.2, 0.25) is 0 Å². The zero-order valence-electron chi connectivity index (χ0n) is 14.9. The Morgan fingerprint density at radius 2 is 2.07 bits per heavy atom. The van der Waals surface area contributed by atoms with Crippen LogP contribution in [0.25, 0.3) is 0 Å². The second kappa shape index (κ2) is 8.03. The number of hydrogen-bond acceptors (Lipinski definition) is 5. The van der Waals surface area contributed by atoms with Crippen LogP contribution in [0.15, 0.2) is 42.5 Å². The van der Waals surface area contributed by atoms with Gasteiger partial charge in [0.05, 0.1) is 12.0 Å². The largest absolute Gasteiger partial charge is 0.490 e. The molecule has 0 spiro atoms. The predicted octanol–water partition coefficient (Wildman–Crippen LogP) is 3.00. The normalized spacial score (nSPS) is 16.2. The van der Waals surface area contributed by atoms with Gasteiger partial charge in [-0.1, -0.05) is 0 Å². The summed E-state index contributed by atoms with van der Waals surface area (Å²) in [6.07, 6.45) is 0.903. The Bertz CT molecular complexity index is 841. The highest BCUT2D eigenvalue weighted by Gasteiger charge is 2.24. The van der Waals surface area contributed by atoms with Crippen LogP contribution in [-0.2, 0) is 0 Å². The molecule has 1 saturated heterocycles. The first-order chi connectivity index (χ1) is 13.0. The summed E-state index contributed by atoms with van der Waals surface area (Å²) in [5, 5.41) is 13.9. The Hall–Kier alpha value is -3.16. The molecule has 0 aromatic heterocycles. The van der Waals surface area contributed by atoms with Gasteiger partial charge in [0.1, 0.15) is 5.82 Å². The molecule has 0 saturated carbocycles. The maximum atomic E-state index is 13.0. The van der Waals surface area contributed by atoms with Crippen molar-refractivity contribution in [3.63, 3.8) is 0 Å². The van der Waals surface area contributed by atoms with E-state index < -0.39 is 4.92 Å². The van der Waals surface area contributed by atoms with Gasteiger partial charge < -0.3 is 15.0 Å². The van der Waals surface area contributed by atoms with Crippen molar-refractivity contribution < 1.29 is 18.8 Å². The lowest BCUT2D eigenvalue weighted by atomic mass is 10.1. The number of nitro benzene ring substituents is 1.